The van der Waals surface area contributed by atoms with E-state index in [2.05, 4.69) is 36.5 Å². The van der Waals surface area contributed by atoms with Crippen LogP contribution in [0.25, 0.3) is 0 Å². The van der Waals surface area contributed by atoms with Crippen molar-refractivity contribution >= 4 is 24.0 Å². The average Bonchev–Trinajstić information content (AvgIpc) is 2.38. The maximum Gasteiger partial charge on any atom is 0.0450 e. The van der Waals surface area contributed by atoms with Crippen molar-refractivity contribution < 1.29 is 0 Å². The second-order valence-electron chi connectivity index (χ2n) is 4.10. The number of hydrogen-bond donors (Lipinski definition) is 1. The predicted octanol–water partition coefficient (Wildman–Crippen LogP) is 4.61. The average molecular weight is 282 g/mol. The molecule has 0 spiro atoms. The van der Waals surface area contributed by atoms with Crippen LogP contribution < -0.4 is 5.32 Å². The first-order valence-corrected chi connectivity index (χ1v) is 6.17. The van der Waals surface area contributed by atoms with Gasteiger partial charge in [-0.3, -0.25) is 0 Å². The lowest BCUT2D eigenvalue weighted by Crippen LogP contribution is -2.18. The van der Waals surface area contributed by atoms with Crippen molar-refractivity contribution in [2.45, 2.75) is 19.5 Å². The van der Waals surface area contributed by atoms with Crippen LogP contribution in [0, 0.1) is 0 Å². The first-order chi connectivity index (χ1) is 8.27. The molecule has 2 aromatic carbocycles. The second-order valence-corrected chi connectivity index (χ2v) is 4.51. The monoisotopic (exact) mass is 281 g/mol. The fourth-order valence-electron chi connectivity index (χ4n) is 1.76. The molecule has 0 bridgehead atoms. The van der Waals surface area contributed by atoms with Crippen molar-refractivity contribution in [2.24, 2.45) is 0 Å². The van der Waals surface area contributed by atoms with E-state index in [0.29, 0.717) is 6.04 Å². The van der Waals surface area contributed by atoms with Crippen molar-refractivity contribution in [3.05, 3.63) is 70.7 Å². The highest BCUT2D eigenvalue weighted by Crippen LogP contribution is 2.17. The van der Waals surface area contributed by atoms with Crippen molar-refractivity contribution in [1.29, 1.82) is 0 Å². The first kappa shape index (κ1) is 15.0. The van der Waals surface area contributed by atoms with Crippen LogP contribution in [0.5, 0.6) is 0 Å². The second kappa shape index (κ2) is 7.42. The fourth-order valence-corrected chi connectivity index (χ4v) is 1.97. The summed E-state index contributed by atoms with van der Waals surface area (Å²) in [4.78, 5) is 0. The molecule has 1 N–H and O–H groups in total. The minimum atomic E-state index is 0. The number of halogens is 2. The molecule has 0 saturated heterocycles. The van der Waals surface area contributed by atoms with E-state index in [9.17, 15) is 0 Å². The molecule has 2 rings (SSSR count). The molecule has 1 nitrogen and oxygen atoms in total. The maximum absolute atomic E-state index is 6.11. The van der Waals surface area contributed by atoms with E-state index < -0.39 is 0 Å². The lowest BCUT2D eigenvalue weighted by atomic mass is 10.1. The van der Waals surface area contributed by atoms with E-state index in [0.717, 1.165) is 17.1 Å². The number of hydrogen-bond acceptors (Lipinski definition) is 1. The number of nitrogens with one attached hydrogen (secondary N) is 1. The lowest BCUT2D eigenvalue weighted by molar-refractivity contribution is 0.575. The van der Waals surface area contributed by atoms with Gasteiger partial charge in [0.2, 0.25) is 0 Å². The zero-order valence-corrected chi connectivity index (χ0v) is 11.8. The maximum atomic E-state index is 6.11. The van der Waals surface area contributed by atoms with Crippen molar-refractivity contribution in [1.82, 2.24) is 5.32 Å². The smallest absolute Gasteiger partial charge is 0.0450 e. The molecule has 1 unspecified atom stereocenters. The molecule has 0 heterocycles. The molecule has 0 saturated carbocycles. The Hall–Kier alpha value is -1.02. The normalized spacial score (nSPS) is 11.7. The van der Waals surface area contributed by atoms with Crippen molar-refractivity contribution in [3.63, 3.8) is 0 Å². The predicted molar refractivity (Wildman–Crippen MR) is 80.4 cm³/mol. The molecule has 0 fully saturated rings. The molecule has 18 heavy (non-hydrogen) atoms. The molecule has 2 aromatic rings. The third-order valence-corrected chi connectivity index (χ3v) is 3.22. The SMILES string of the molecule is CC(NCc1ccccc1Cl)c1ccccc1.Cl. The van der Waals surface area contributed by atoms with E-state index >= 15 is 0 Å². The van der Waals surface area contributed by atoms with Crippen molar-refractivity contribution in [3.8, 4) is 0 Å². The van der Waals surface area contributed by atoms with Gasteiger partial charge in [0.15, 0.2) is 0 Å². The van der Waals surface area contributed by atoms with Gasteiger partial charge in [-0.1, -0.05) is 60.1 Å². The highest BCUT2D eigenvalue weighted by atomic mass is 35.5. The molecule has 0 aromatic heterocycles. The van der Waals surface area contributed by atoms with Gasteiger partial charge in [-0.2, -0.15) is 0 Å². The van der Waals surface area contributed by atoms with Gasteiger partial charge < -0.3 is 5.32 Å². The van der Waals surface area contributed by atoms with Crippen LogP contribution >= 0.6 is 24.0 Å². The van der Waals surface area contributed by atoms with Gasteiger partial charge in [0.05, 0.1) is 0 Å². The Morgan fingerprint density at radius 2 is 1.61 bits per heavy atom. The summed E-state index contributed by atoms with van der Waals surface area (Å²) >= 11 is 6.11. The van der Waals surface area contributed by atoms with Crippen LogP contribution in [-0.2, 0) is 6.54 Å². The summed E-state index contributed by atoms with van der Waals surface area (Å²) in [5.41, 5.74) is 2.43. The summed E-state index contributed by atoms with van der Waals surface area (Å²) < 4.78 is 0. The first-order valence-electron chi connectivity index (χ1n) is 5.79. The summed E-state index contributed by atoms with van der Waals surface area (Å²) in [6.07, 6.45) is 0. The zero-order chi connectivity index (χ0) is 12.1. The van der Waals surface area contributed by atoms with E-state index in [4.69, 9.17) is 11.6 Å². The van der Waals surface area contributed by atoms with Gasteiger partial charge in [-0.25, -0.2) is 0 Å². The van der Waals surface area contributed by atoms with Crippen LogP contribution in [0.3, 0.4) is 0 Å². The molecule has 0 amide bonds. The molecular weight excluding hydrogens is 265 g/mol. The zero-order valence-electron chi connectivity index (χ0n) is 10.3. The Labute approximate surface area is 120 Å². The summed E-state index contributed by atoms with van der Waals surface area (Å²) in [5.74, 6) is 0. The molecule has 0 aliphatic heterocycles. The van der Waals surface area contributed by atoms with Crippen LogP contribution in [0.1, 0.15) is 24.1 Å². The Morgan fingerprint density at radius 3 is 2.28 bits per heavy atom. The van der Waals surface area contributed by atoms with Crippen LogP contribution in [0.4, 0.5) is 0 Å². The van der Waals surface area contributed by atoms with Gasteiger partial charge in [-0.15, -0.1) is 12.4 Å². The Kier molecular flexibility index (Phi) is 6.20. The molecule has 0 aliphatic carbocycles. The van der Waals surface area contributed by atoms with Gasteiger partial charge in [0, 0.05) is 17.6 Å². The van der Waals surface area contributed by atoms with E-state index in [1.165, 1.54) is 5.56 Å². The largest absolute Gasteiger partial charge is 0.306 e. The number of rotatable bonds is 4. The summed E-state index contributed by atoms with van der Waals surface area (Å²) in [6.45, 7) is 2.95. The standard InChI is InChI=1S/C15H16ClN.ClH/c1-12(13-7-3-2-4-8-13)17-11-14-9-5-6-10-15(14)16;/h2-10,12,17H,11H2,1H3;1H. The molecule has 1 atom stereocenters. The topological polar surface area (TPSA) is 12.0 Å². The Morgan fingerprint density at radius 1 is 1.00 bits per heavy atom. The minimum Gasteiger partial charge on any atom is -0.306 e. The van der Waals surface area contributed by atoms with Crippen LogP contribution in [0.2, 0.25) is 5.02 Å². The van der Waals surface area contributed by atoms with E-state index in [1.807, 2.05) is 30.3 Å². The molecular formula is C15H17Cl2N. The minimum absolute atomic E-state index is 0. The van der Waals surface area contributed by atoms with Gasteiger partial charge >= 0.3 is 0 Å². The fraction of sp³-hybridized carbons (Fsp3) is 0.200. The summed E-state index contributed by atoms with van der Waals surface area (Å²) in [5, 5.41) is 4.29. The molecule has 96 valence electrons. The number of benzene rings is 2. The Bertz CT molecular complexity index is 471. The van der Waals surface area contributed by atoms with Crippen LogP contribution in [-0.4, -0.2) is 0 Å². The quantitative estimate of drug-likeness (QED) is 0.863. The highest BCUT2D eigenvalue weighted by Gasteiger charge is 2.05. The molecule has 0 aliphatic rings. The third kappa shape index (κ3) is 4.02. The van der Waals surface area contributed by atoms with E-state index in [1.54, 1.807) is 0 Å². The van der Waals surface area contributed by atoms with Gasteiger partial charge in [-0.05, 0) is 24.1 Å². The van der Waals surface area contributed by atoms with Gasteiger partial charge in [0.1, 0.15) is 0 Å². The van der Waals surface area contributed by atoms with Gasteiger partial charge in [0.25, 0.3) is 0 Å². The third-order valence-electron chi connectivity index (χ3n) is 2.86. The lowest BCUT2D eigenvalue weighted by Gasteiger charge is -2.14. The van der Waals surface area contributed by atoms with E-state index in [-0.39, 0.29) is 12.4 Å². The van der Waals surface area contributed by atoms with Crippen LogP contribution in [0.15, 0.2) is 54.6 Å². The summed E-state index contributed by atoms with van der Waals surface area (Å²) in [7, 11) is 0. The molecule has 3 heteroatoms. The van der Waals surface area contributed by atoms with Crippen molar-refractivity contribution in [2.75, 3.05) is 0 Å². The highest BCUT2D eigenvalue weighted by molar-refractivity contribution is 6.31. The Balaban J connectivity index is 0.00000162. The summed E-state index contributed by atoms with van der Waals surface area (Å²) in [6, 6.07) is 18.7. The molecule has 0 radical (unpaired) electrons.